The molecule has 2 saturated heterocycles. The Morgan fingerprint density at radius 1 is 0.875 bits per heavy atom. The zero-order valence-electron chi connectivity index (χ0n) is 21.8. The fourth-order valence-electron chi connectivity index (χ4n) is 3.87. The highest BCUT2D eigenvalue weighted by Gasteiger charge is 2.53. The molecule has 2 amide bonds. The molecule has 3 rings (SSSR count). The zero-order valence-corrected chi connectivity index (χ0v) is 22.6. The third-order valence-corrected chi connectivity index (χ3v) is 5.52. The lowest BCUT2D eigenvalue weighted by atomic mass is 9.98. The monoisotopic (exact) mass is 578 g/mol. The SMILES string of the molecule is CC(=O)OC[C@H]1O[C@@H](Oc2cccc(C=C3C(=O)NC(=S)NC3=O)c2)[C@H](OC(C)=O)[C@@H](OC(C)=O)[C@@H]1OC(C)=O. The summed E-state index contributed by atoms with van der Waals surface area (Å²) in [6.07, 6.45) is -5.53. The number of ether oxygens (including phenoxy) is 6. The molecule has 0 saturated carbocycles. The van der Waals surface area contributed by atoms with Crippen molar-refractivity contribution in [3.63, 3.8) is 0 Å². The van der Waals surface area contributed by atoms with Gasteiger partial charge in [-0.3, -0.25) is 39.4 Å². The van der Waals surface area contributed by atoms with Crippen molar-refractivity contribution in [1.82, 2.24) is 10.6 Å². The highest BCUT2D eigenvalue weighted by Crippen LogP contribution is 2.31. The maximum absolute atomic E-state index is 12.2. The van der Waals surface area contributed by atoms with Gasteiger partial charge in [0.05, 0.1) is 0 Å². The maximum Gasteiger partial charge on any atom is 0.303 e. The minimum atomic E-state index is -1.46. The van der Waals surface area contributed by atoms with Gasteiger partial charge >= 0.3 is 23.9 Å². The number of amides is 2. The molecule has 2 fully saturated rings. The number of hydrogen-bond donors (Lipinski definition) is 2. The summed E-state index contributed by atoms with van der Waals surface area (Å²) in [5.41, 5.74) is 0.161. The third kappa shape index (κ3) is 8.07. The number of carbonyl (C=O) groups excluding carboxylic acids is 6. The zero-order chi connectivity index (χ0) is 29.6. The predicted octanol–water partition coefficient (Wildman–Crippen LogP) is 0.0628. The highest BCUT2D eigenvalue weighted by atomic mass is 32.1. The van der Waals surface area contributed by atoms with Crippen LogP contribution in [-0.2, 0) is 52.5 Å². The summed E-state index contributed by atoms with van der Waals surface area (Å²) in [6.45, 7) is 4.05. The van der Waals surface area contributed by atoms with E-state index in [1.165, 1.54) is 18.2 Å². The van der Waals surface area contributed by atoms with E-state index in [2.05, 4.69) is 10.6 Å². The van der Waals surface area contributed by atoms with Gasteiger partial charge in [-0.05, 0) is 36.0 Å². The molecular weight excluding hydrogens is 552 g/mol. The van der Waals surface area contributed by atoms with E-state index in [1.54, 1.807) is 12.1 Å². The molecule has 15 heteroatoms. The number of hydrogen-bond acceptors (Lipinski definition) is 13. The van der Waals surface area contributed by atoms with E-state index in [0.29, 0.717) is 5.56 Å². The summed E-state index contributed by atoms with van der Waals surface area (Å²) in [5, 5.41) is 4.54. The van der Waals surface area contributed by atoms with E-state index in [9.17, 15) is 28.8 Å². The molecule has 2 N–H and O–H groups in total. The van der Waals surface area contributed by atoms with Gasteiger partial charge in [0.2, 0.25) is 12.4 Å². The van der Waals surface area contributed by atoms with E-state index in [4.69, 9.17) is 40.6 Å². The van der Waals surface area contributed by atoms with Crippen molar-refractivity contribution in [3.8, 4) is 5.75 Å². The summed E-state index contributed by atoms with van der Waals surface area (Å²) in [6, 6.07) is 6.10. The first-order valence-electron chi connectivity index (χ1n) is 11.8. The fourth-order valence-corrected chi connectivity index (χ4v) is 4.05. The number of esters is 4. The molecule has 1 aromatic rings. The van der Waals surface area contributed by atoms with Gasteiger partial charge in [-0.15, -0.1) is 0 Å². The van der Waals surface area contributed by atoms with Crippen molar-refractivity contribution in [1.29, 1.82) is 0 Å². The van der Waals surface area contributed by atoms with Gasteiger partial charge in [-0.2, -0.15) is 0 Å². The van der Waals surface area contributed by atoms with E-state index in [1.807, 2.05) is 0 Å². The smallest absolute Gasteiger partial charge is 0.303 e. The molecule has 40 heavy (non-hydrogen) atoms. The Morgan fingerprint density at radius 3 is 2.02 bits per heavy atom. The van der Waals surface area contributed by atoms with Gasteiger partial charge < -0.3 is 28.4 Å². The molecule has 0 spiro atoms. The van der Waals surface area contributed by atoms with Gasteiger partial charge in [0.25, 0.3) is 11.8 Å². The first kappa shape index (κ1) is 30.2. The molecule has 2 heterocycles. The Labute approximate surface area is 233 Å². The van der Waals surface area contributed by atoms with Crippen LogP contribution in [-0.4, -0.2) is 78.1 Å². The number of benzene rings is 1. The summed E-state index contributed by atoms with van der Waals surface area (Å²) < 4.78 is 33.0. The maximum atomic E-state index is 12.2. The van der Waals surface area contributed by atoms with Crippen LogP contribution in [0.1, 0.15) is 33.3 Å². The van der Waals surface area contributed by atoms with Crippen molar-refractivity contribution < 1.29 is 57.2 Å². The second-order valence-corrected chi connectivity index (χ2v) is 8.96. The number of thiocarbonyl (C=S) groups is 1. The van der Waals surface area contributed by atoms with Crippen molar-refractivity contribution in [2.75, 3.05) is 6.61 Å². The van der Waals surface area contributed by atoms with E-state index >= 15 is 0 Å². The van der Waals surface area contributed by atoms with Crippen LogP contribution in [0.3, 0.4) is 0 Å². The van der Waals surface area contributed by atoms with Crippen molar-refractivity contribution in [2.24, 2.45) is 0 Å². The van der Waals surface area contributed by atoms with Crippen molar-refractivity contribution >= 4 is 59.1 Å². The van der Waals surface area contributed by atoms with Crippen LogP contribution >= 0.6 is 12.2 Å². The van der Waals surface area contributed by atoms with Crippen molar-refractivity contribution in [2.45, 2.75) is 58.4 Å². The number of rotatable bonds is 8. The summed E-state index contributed by atoms with van der Waals surface area (Å²) >= 11 is 4.79. The van der Waals surface area contributed by atoms with E-state index in [0.717, 1.165) is 27.7 Å². The second-order valence-electron chi connectivity index (χ2n) is 8.55. The molecular formula is C25H26N2O12S. The van der Waals surface area contributed by atoms with Crippen molar-refractivity contribution in [3.05, 3.63) is 35.4 Å². The lowest BCUT2D eigenvalue weighted by Crippen LogP contribution is -2.63. The Kier molecular flexibility index (Phi) is 9.90. The van der Waals surface area contributed by atoms with Crippen LogP contribution < -0.4 is 15.4 Å². The lowest BCUT2D eigenvalue weighted by Gasteiger charge is -2.43. The third-order valence-electron chi connectivity index (χ3n) is 5.31. The van der Waals surface area contributed by atoms with Gasteiger partial charge in [-0.25, -0.2) is 0 Å². The molecule has 14 nitrogen and oxygen atoms in total. The fraction of sp³-hybridized carbons (Fsp3) is 0.400. The summed E-state index contributed by atoms with van der Waals surface area (Å²) in [4.78, 5) is 71.7. The van der Waals surface area contributed by atoms with Crippen LogP contribution in [0, 0.1) is 0 Å². The predicted molar refractivity (Wildman–Crippen MR) is 136 cm³/mol. The van der Waals surface area contributed by atoms with Gasteiger partial charge in [-0.1, -0.05) is 12.1 Å². The molecule has 2 aliphatic heterocycles. The topological polar surface area (TPSA) is 182 Å². The largest absolute Gasteiger partial charge is 0.463 e. The minimum absolute atomic E-state index is 0.118. The van der Waals surface area contributed by atoms with Crippen LogP contribution in [0.4, 0.5) is 0 Å². The molecule has 2 aliphatic rings. The average molecular weight is 579 g/mol. The minimum Gasteiger partial charge on any atom is -0.463 e. The quantitative estimate of drug-likeness (QED) is 0.139. The Morgan fingerprint density at radius 2 is 1.45 bits per heavy atom. The Hall–Kier alpha value is -4.37. The van der Waals surface area contributed by atoms with Crippen LogP contribution in [0.2, 0.25) is 0 Å². The average Bonchev–Trinajstić information content (AvgIpc) is 2.83. The molecule has 0 aliphatic carbocycles. The number of carbonyl (C=O) groups is 6. The van der Waals surface area contributed by atoms with Crippen LogP contribution in [0.25, 0.3) is 6.08 Å². The first-order valence-corrected chi connectivity index (χ1v) is 12.2. The van der Waals surface area contributed by atoms with E-state index in [-0.39, 0.29) is 16.4 Å². The summed E-state index contributed by atoms with van der Waals surface area (Å²) in [7, 11) is 0. The highest BCUT2D eigenvalue weighted by molar-refractivity contribution is 7.80. The first-order chi connectivity index (χ1) is 18.8. The molecule has 1 aromatic carbocycles. The summed E-state index contributed by atoms with van der Waals surface area (Å²) in [5.74, 6) is -4.27. The van der Waals surface area contributed by atoms with Crippen LogP contribution in [0.15, 0.2) is 29.8 Å². The second kappa shape index (κ2) is 13.1. The Bertz CT molecular complexity index is 1240. The number of nitrogens with one attached hydrogen (secondary N) is 2. The molecule has 0 bridgehead atoms. The van der Waals surface area contributed by atoms with Gasteiger partial charge in [0, 0.05) is 27.7 Å². The van der Waals surface area contributed by atoms with Gasteiger partial charge in [0.15, 0.2) is 17.3 Å². The lowest BCUT2D eigenvalue weighted by molar-refractivity contribution is -0.288. The standard InChI is InChI=1S/C25H26N2O12S/c1-11(28)34-10-18-19(35-12(2)29)20(36-13(3)30)21(37-14(4)31)24(39-18)38-16-7-5-6-15(8-16)9-17-22(32)26-25(40)27-23(17)33/h5-9,18-21,24H,10H2,1-4H3,(H2,26,27,32,33,40)/t18-,19-,20+,21-,24-/m1/s1. The normalized spacial score (nSPS) is 24.1. The molecule has 0 aromatic heterocycles. The molecule has 0 radical (unpaired) electrons. The Balaban J connectivity index is 1.97. The molecule has 5 atom stereocenters. The molecule has 0 unspecified atom stereocenters. The van der Waals surface area contributed by atoms with E-state index < -0.39 is 73.0 Å². The van der Waals surface area contributed by atoms with Gasteiger partial charge in [0.1, 0.15) is 24.0 Å². The van der Waals surface area contributed by atoms with Crippen LogP contribution in [0.5, 0.6) is 5.75 Å². The molecule has 214 valence electrons.